The Bertz CT molecular complexity index is 497. The quantitative estimate of drug-likeness (QED) is 0.753. The van der Waals surface area contributed by atoms with Gasteiger partial charge in [-0.15, -0.1) is 0 Å². The molecule has 0 saturated carbocycles. The first-order valence-corrected chi connectivity index (χ1v) is 5.60. The van der Waals surface area contributed by atoms with E-state index in [0.717, 1.165) is 16.8 Å². The number of nitrogens with two attached hydrogens (primary N) is 1. The topological polar surface area (TPSA) is 58.3 Å². The van der Waals surface area contributed by atoms with Crippen molar-refractivity contribution in [3.63, 3.8) is 0 Å². The van der Waals surface area contributed by atoms with Gasteiger partial charge in [0.25, 0.3) is 0 Å². The first-order valence-electron chi connectivity index (χ1n) is 5.60. The molecular formula is C14H16N2O. The first-order chi connectivity index (χ1) is 8.31. The Labute approximate surface area is 101 Å². The molecule has 3 nitrogen and oxygen atoms in total. The van der Waals surface area contributed by atoms with E-state index in [1.807, 2.05) is 42.5 Å². The molecule has 0 aliphatic carbocycles. The van der Waals surface area contributed by atoms with Crippen LogP contribution in [0.5, 0.6) is 5.75 Å². The second-order valence-electron chi connectivity index (χ2n) is 3.84. The summed E-state index contributed by atoms with van der Waals surface area (Å²) in [5, 5.41) is 12.9. The highest BCUT2D eigenvalue weighted by atomic mass is 16.3. The Kier molecular flexibility index (Phi) is 3.62. The minimum atomic E-state index is 0.310. The summed E-state index contributed by atoms with van der Waals surface area (Å²) >= 11 is 0. The summed E-state index contributed by atoms with van der Waals surface area (Å²) in [4.78, 5) is 0. The molecule has 0 spiro atoms. The fourth-order valence-corrected chi connectivity index (χ4v) is 1.72. The molecular weight excluding hydrogens is 212 g/mol. The molecule has 0 aromatic heterocycles. The second kappa shape index (κ2) is 5.37. The van der Waals surface area contributed by atoms with Crippen LogP contribution in [-0.2, 0) is 13.1 Å². The smallest absolute Gasteiger partial charge is 0.120 e. The van der Waals surface area contributed by atoms with Gasteiger partial charge in [-0.05, 0) is 17.7 Å². The zero-order chi connectivity index (χ0) is 12.1. The number of anilines is 1. The molecule has 0 bridgehead atoms. The Morgan fingerprint density at radius 2 is 1.59 bits per heavy atom. The average Bonchev–Trinajstić information content (AvgIpc) is 2.38. The van der Waals surface area contributed by atoms with Gasteiger partial charge < -0.3 is 16.2 Å². The third-order valence-corrected chi connectivity index (χ3v) is 2.70. The van der Waals surface area contributed by atoms with E-state index in [2.05, 4.69) is 5.32 Å². The van der Waals surface area contributed by atoms with E-state index in [1.54, 1.807) is 6.07 Å². The van der Waals surface area contributed by atoms with Gasteiger partial charge in [0.2, 0.25) is 0 Å². The number of aromatic hydroxyl groups is 1. The molecule has 0 atom stereocenters. The summed E-state index contributed by atoms with van der Waals surface area (Å²) in [5.74, 6) is 0.310. The van der Waals surface area contributed by atoms with Crippen molar-refractivity contribution in [1.29, 1.82) is 0 Å². The monoisotopic (exact) mass is 228 g/mol. The van der Waals surface area contributed by atoms with E-state index >= 15 is 0 Å². The predicted molar refractivity (Wildman–Crippen MR) is 69.8 cm³/mol. The zero-order valence-corrected chi connectivity index (χ0v) is 9.56. The Morgan fingerprint density at radius 3 is 2.29 bits per heavy atom. The summed E-state index contributed by atoms with van der Waals surface area (Å²) in [6.45, 7) is 1.09. The highest BCUT2D eigenvalue weighted by Gasteiger charge is 2.02. The molecule has 0 unspecified atom stereocenters. The van der Waals surface area contributed by atoms with Gasteiger partial charge in [0.15, 0.2) is 0 Å². The minimum Gasteiger partial charge on any atom is -0.508 e. The number of hydrogen-bond donors (Lipinski definition) is 3. The first kappa shape index (κ1) is 11.5. The number of hydrogen-bond acceptors (Lipinski definition) is 3. The van der Waals surface area contributed by atoms with Crippen LogP contribution in [0.2, 0.25) is 0 Å². The summed E-state index contributed by atoms with van der Waals surface area (Å²) in [5.41, 5.74) is 8.62. The van der Waals surface area contributed by atoms with E-state index < -0.39 is 0 Å². The number of nitrogens with one attached hydrogen (secondary N) is 1. The highest BCUT2D eigenvalue weighted by Crippen LogP contribution is 2.19. The van der Waals surface area contributed by atoms with Crippen molar-refractivity contribution < 1.29 is 5.11 Å². The van der Waals surface area contributed by atoms with Crippen LogP contribution in [0.3, 0.4) is 0 Å². The van der Waals surface area contributed by atoms with Crippen molar-refractivity contribution in [3.05, 3.63) is 59.7 Å². The van der Waals surface area contributed by atoms with Gasteiger partial charge in [-0.25, -0.2) is 0 Å². The molecule has 2 aromatic rings. The molecule has 4 N–H and O–H groups in total. The van der Waals surface area contributed by atoms with Crippen LogP contribution in [0.1, 0.15) is 11.1 Å². The third-order valence-electron chi connectivity index (χ3n) is 2.70. The average molecular weight is 228 g/mol. The van der Waals surface area contributed by atoms with Crippen LogP contribution in [-0.4, -0.2) is 5.11 Å². The lowest BCUT2D eigenvalue weighted by atomic mass is 10.1. The van der Waals surface area contributed by atoms with Crippen LogP contribution in [0, 0.1) is 0 Å². The molecule has 0 aliphatic rings. The fourth-order valence-electron chi connectivity index (χ4n) is 1.72. The summed E-state index contributed by atoms with van der Waals surface area (Å²) in [7, 11) is 0. The normalized spacial score (nSPS) is 10.2. The Morgan fingerprint density at radius 1 is 0.941 bits per heavy atom. The summed E-state index contributed by atoms with van der Waals surface area (Å²) in [6, 6.07) is 15.2. The van der Waals surface area contributed by atoms with Crippen molar-refractivity contribution in [3.8, 4) is 5.75 Å². The van der Waals surface area contributed by atoms with Gasteiger partial charge >= 0.3 is 0 Å². The third kappa shape index (κ3) is 2.77. The van der Waals surface area contributed by atoms with Crippen molar-refractivity contribution in [2.24, 2.45) is 5.73 Å². The molecule has 2 aromatic carbocycles. The Balaban J connectivity index is 2.10. The number of phenolic OH excluding ortho intramolecular Hbond substituents is 1. The van der Waals surface area contributed by atoms with Gasteiger partial charge in [0.05, 0.1) is 0 Å². The minimum absolute atomic E-state index is 0.310. The molecule has 17 heavy (non-hydrogen) atoms. The van der Waals surface area contributed by atoms with Gasteiger partial charge in [-0.3, -0.25) is 0 Å². The largest absolute Gasteiger partial charge is 0.508 e. The number of benzene rings is 2. The SMILES string of the molecule is NCc1ccccc1NCc1ccccc1O. The van der Waals surface area contributed by atoms with Crippen molar-refractivity contribution >= 4 is 5.69 Å². The molecule has 0 saturated heterocycles. The zero-order valence-electron chi connectivity index (χ0n) is 9.56. The van der Waals surface area contributed by atoms with Gasteiger partial charge in [0.1, 0.15) is 5.75 Å². The lowest BCUT2D eigenvalue weighted by Crippen LogP contribution is -2.05. The van der Waals surface area contributed by atoms with E-state index in [4.69, 9.17) is 5.73 Å². The van der Waals surface area contributed by atoms with Gasteiger partial charge in [-0.2, -0.15) is 0 Å². The van der Waals surface area contributed by atoms with Gasteiger partial charge in [-0.1, -0.05) is 36.4 Å². The Hall–Kier alpha value is -2.00. The van der Waals surface area contributed by atoms with Crippen molar-refractivity contribution in [2.75, 3.05) is 5.32 Å². The predicted octanol–water partition coefficient (Wildman–Crippen LogP) is 2.46. The van der Waals surface area contributed by atoms with E-state index in [9.17, 15) is 5.11 Å². The van der Waals surface area contributed by atoms with Crippen LogP contribution in [0.15, 0.2) is 48.5 Å². The molecule has 0 amide bonds. The molecule has 0 radical (unpaired) electrons. The van der Waals surface area contributed by atoms with Crippen LogP contribution >= 0.6 is 0 Å². The van der Waals surface area contributed by atoms with Gasteiger partial charge in [0, 0.05) is 24.3 Å². The molecule has 88 valence electrons. The van der Waals surface area contributed by atoms with Crippen LogP contribution < -0.4 is 11.1 Å². The molecule has 0 fully saturated rings. The fraction of sp³-hybridized carbons (Fsp3) is 0.143. The van der Waals surface area contributed by atoms with Crippen LogP contribution in [0.4, 0.5) is 5.69 Å². The maximum absolute atomic E-state index is 9.65. The van der Waals surface area contributed by atoms with E-state index in [-0.39, 0.29) is 0 Å². The molecule has 2 rings (SSSR count). The lowest BCUT2D eigenvalue weighted by molar-refractivity contribution is 0.469. The summed E-state index contributed by atoms with van der Waals surface area (Å²) < 4.78 is 0. The maximum Gasteiger partial charge on any atom is 0.120 e. The standard InChI is InChI=1S/C14H16N2O/c15-9-11-5-1-3-7-13(11)16-10-12-6-2-4-8-14(12)17/h1-8,16-17H,9-10,15H2. The molecule has 0 heterocycles. The number of phenols is 1. The van der Waals surface area contributed by atoms with Crippen molar-refractivity contribution in [1.82, 2.24) is 0 Å². The van der Waals surface area contributed by atoms with Crippen LogP contribution in [0.25, 0.3) is 0 Å². The van der Waals surface area contributed by atoms with Crippen molar-refractivity contribution in [2.45, 2.75) is 13.1 Å². The second-order valence-corrected chi connectivity index (χ2v) is 3.84. The lowest BCUT2D eigenvalue weighted by Gasteiger charge is -2.11. The number of rotatable bonds is 4. The van der Waals surface area contributed by atoms with E-state index in [0.29, 0.717) is 18.8 Å². The number of para-hydroxylation sites is 2. The van der Waals surface area contributed by atoms with E-state index in [1.165, 1.54) is 0 Å². The maximum atomic E-state index is 9.65. The highest BCUT2D eigenvalue weighted by molar-refractivity contribution is 5.51. The molecule has 0 aliphatic heterocycles. The molecule has 3 heteroatoms. The summed E-state index contributed by atoms with van der Waals surface area (Å²) in [6.07, 6.45) is 0.